The molecule has 132 heavy (non-hydrogen) atoms. The number of para-hydroxylation sites is 3. The van der Waals surface area contributed by atoms with Gasteiger partial charge in [0.15, 0.2) is 11.6 Å². The zero-order valence-corrected chi connectivity index (χ0v) is 70.3. The lowest BCUT2D eigenvalue weighted by molar-refractivity contribution is 0.668. The summed E-state index contributed by atoms with van der Waals surface area (Å²) in [6.07, 6.45) is 3.60. The molecule has 0 amide bonds. The van der Waals surface area contributed by atoms with Crippen LogP contribution in [0.1, 0.15) is 0 Å². The van der Waals surface area contributed by atoms with Gasteiger partial charge in [-0.3, -0.25) is 13.7 Å². The molecule has 0 N–H and O–H groups in total. The maximum Gasteiger partial charge on any atom is 0.238 e. The Balaban J connectivity index is 0.0000000981. The van der Waals surface area contributed by atoms with Crippen LogP contribution in [-0.4, -0.2) is 48.6 Å². The third-order valence-electron chi connectivity index (χ3n) is 27.4. The van der Waals surface area contributed by atoms with Crippen molar-refractivity contribution in [1.82, 2.24) is 48.6 Å². The van der Waals surface area contributed by atoms with Gasteiger partial charge >= 0.3 is 0 Å². The van der Waals surface area contributed by atoms with Crippen LogP contribution in [0.2, 0.25) is 0 Å². The van der Waals surface area contributed by atoms with Crippen molar-refractivity contribution in [3.05, 3.63) is 401 Å². The summed E-state index contributed by atoms with van der Waals surface area (Å²) >= 11 is 0. The molecule has 0 saturated carbocycles. The average molecular weight is 1680 g/mol. The number of aromatic nitrogens is 10. The Hall–Kier alpha value is -18.1. The van der Waals surface area contributed by atoms with Crippen molar-refractivity contribution in [2.45, 2.75) is 0 Å². The lowest BCUT2D eigenvalue weighted by atomic mass is 9.92. The second kappa shape index (κ2) is 27.7. The summed E-state index contributed by atoms with van der Waals surface area (Å²) in [5.41, 5.74) is 32.0. The summed E-state index contributed by atoms with van der Waals surface area (Å²) in [5, 5.41) is 21.5. The van der Waals surface area contributed by atoms with Crippen LogP contribution < -0.4 is 0 Å². The molecular weight excluding hydrogens is 1620 g/mol. The van der Waals surface area contributed by atoms with Crippen molar-refractivity contribution < 1.29 is 13.3 Å². The highest BCUT2D eigenvalue weighted by Crippen LogP contribution is 2.56. The van der Waals surface area contributed by atoms with Crippen LogP contribution in [0.15, 0.2) is 414 Å². The molecular formula is C119H66N10O3. The van der Waals surface area contributed by atoms with Crippen molar-refractivity contribution in [2.24, 2.45) is 0 Å². The number of furan rings is 3. The molecule has 0 bridgehead atoms. The molecule has 19 aromatic carbocycles. The van der Waals surface area contributed by atoms with Crippen molar-refractivity contribution in [2.75, 3.05) is 0 Å². The van der Waals surface area contributed by atoms with Crippen LogP contribution in [0.3, 0.4) is 0 Å². The van der Waals surface area contributed by atoms with Crippen LogP contribution in [-0.2, 0) is 0 Å². The number of hydrogen-bond acceptors (Lipinski definition) is 10. The molecule has 0 unspecified atom stereocenters. The summed E-state index contributed by atoms with van der Waals surface area (Å²) < 4.78 is 25.9. The minimum Gasteiger partial charge on any atom is -0.456 e. The summed E-state index contributed by atoms with van der Waals surface area (Å²) in [7, 11) is 0. The normalized spacial score (nSPS) is 12.2. The van der Waals surface area contributed by atoms with E-state index in [1.807, 2.05) is 115 Å². The first kappa shape index (κ1) is 72.1. The van der Waals surface area contributed by atoms with Crippen molar-refractivity contribution in [3.8, 4) is 130 Å². The van der Waals surface area contributed by atoms with Crippen LogP contribution in [0.4, 0.5) is 0 Å². The summed E-state index contributed by atoms with van der Waals surface area (Å²) in [6.45, 7) is 0. The minimum atomic E-state index is 0.588. The molecule has 0 radical (unpaired) electrons. The Labute approximate surface area is 751 Å². The van der Waals surface area contributed by atoms with Crippen molar-refractivity contribution >= 4 is 164 Å². The second-order valence-corrected chi connectivity index (χ2v) is 34.4. The van der Waals surface area contributed by atoms with Gasteiger partial charge in [0.05, 0.1) is 44.5 Å². The van der Waals surface area contributed by atoms with Crippen LogP contribution in [0, 0.1) is 0 Å². The maximum atomic E-state index is 6.44. The molecule has 13 heteroatoms. The molecule has 0 aliphatic heterocycles. The molecule has 0 saturated heterocycles. The smallest absolute Gasteiger partial charge is 0.238 e. The fraction of sp³-hybridized carbons (Fsp3) is 0. The largest absolute Gasteiger partial charge is 0.456 e. The first-order valence-corrected chi connectivity index (χ1v) is 44.5. The topological polar surface area (TPSA) is 144 Å². The van der Waals surface area contributed by atoms with E-state index in [0.29, 0.717) is 29.5 Å². The quantitative estimate of drug-likeness (QED) is 0.151. The van der Waals surface area contributed by atoms with E-state index < -0.39 is 0 Å². The van der Waals surface area contributed by atoms with E-state index in [0.717, 1.165) is 144 Å². The van der Waals surface area contributed by atoms with E-state index in [4.69, 9.17) is 38.2 Å². The highest BCUT2D eigenvalue weighted by atomic mass is 16.3. The molecule has 3 aliphatic rings. The number of fused-ring (bicyclic) bond motifs is 18. The van der Waals surface area contributed by atoms with E-state index in [9.17, 15) is 0 Å². The van der Waals surface area contributed by atoms with E-state index in [1.54, 1.807) is 12.4 Å². The third kappa shape index (κ3) is 10.5. The first-order valence-electron chi connectivity index (χ1n) is 44.5. The van der Waals surface area contributed by atoms with Gasteiger partial charge in [0.25, 0.3) is 0 Å². The molecule has 28 aromatic rings. The number of benzene rings is 19. The number of nitrogens with zero attached hydrogens (tertiary/aromatic N) is 10. The standard InChI is InChI=1S/C44H25N3O.C43H24N4O.C32H17N3O/c1-3-11-26(12-4-1)35-25-36(27-13-5-2-6-14-27)46-44(45-35)47-37-19-10-18-31-33-24-40-34(29-16-7-8-20-39(29)48-40)23-32(33)30-17-9-15-28-21-22-38(47)43(41(28)30)42(31)37;1-3-11-26(12-4-1)41-44-42(27-13-5-2-6-14-27)46-43(45-41)47-34-19-10-18-30-32-24-37-33(28-16-7-8-20-36(28)48-37)23-31(32)29-17-9-15-25-21-22-35(47)40(38(25)29)39(30)34;1-2-11-27-19(7-1)24-16-22-20-8-3-6-18-12-13-26-31(29(18)20)30-21(23(22)17-28(24)36-27)9-4-10-25(30)35(26)32-33-14-5-15-34-32/h1-25H;1-24H;1-17H. The monoisotopic (exact) mass is 1680 g/mol. The number of hydrogen-bond donors (Lipinski definition) is 0. The van der Waals surface area contributed by atoms with E-state index in [-0.39, 0.29) is 0 Å². The first-order chi connectivity index (χ1) is 65.5. The van der Waals surface area contributed by atoms with Gasteiger partial charge in [0, 0.05) is 99.3 Å². The number of rotatable bonds is 7. The molecule has 610 valence electrons. The van der Waals surface area contributed by atoms with E-state index >= 15 is 0 Å². The molecule has 13 nitrogen and oxygen atoms in total. The summed E-state index contributed by atoms with van der Waals surface area (Å²) in [6, 6.07) is 137. The van der Waals surface area contributed by atoms with E-state index in [1.165, 1.54) is 120 Å². The fourth-order valence-electron chi connectivity index (χ4n) is 21.8. The minimum absolute atomic E-state index is 0.588. The third-order valence-corrected chi connectivity index (χ3v) is 27.4. The Morgan fingerprint density at radius 3 is 0.833 bits per heavy atom. The zero-order chi connectivity index (χ0) is 86.1. The van der Waals surface area contributed by atoms with Gasteiger partial charge in [0.2, 0.25) is 17.8 Å². The van der Waals surface area contributed by atoms with Crippen molar-refractivity contribution in [3.63, 3.8) is 0 Å². The Bertz CT molecular complexity index is 9340. The molecule has 0 fully saturated rings. The van der Waals surface area contributed by atoms with Crippen LogP contribution in [0.25, 0.3) is 293 Å². The SMILES string of the molecule is c1ccc(-c2cc(-c3ccccc3)nc(-n3c4cccc5c4c4c6c(cccc6ccc43)-c3cc4c(cc3-5)oc3ccccc34)n2)cc1.c1ccc(-c2nc(-c3ccccc3)nc(-n3c4cccc5c4c4c6c(cccc6ccc43)-c3cc4c(cc3-5)oc3ccccc34)n2)cc1.c1cnc(-n2c3cccc4c3c3c5c(cccc5ccc32)-c2cc3c(cc2-4)oc2ccccc23)nc1. The molecule has 0 spiro atoms. The molecule has 9 aromatic heterocycles. The predicted molar refractivity (Wildman–Crippen MR) is 536 cm³/mol. The van der Waals surface area contributed by atoms with Gasteiger partial charge in [-0.1, -0.05) is 285 Å². The Morgan fingerprint density at radius 2 is 0.470 bits per heavy atom. The predicted octanol–water partition coefficient (Wildman–Crippen LogP) is 30.9. The van der Waals surface area contributed by atoms with E-state index in [2.05, 4.69) is 297 Å². The lowest BCUT2D eigenvalue weighted by Gasteiger charge is -2.14. The van der Waals surface area contributed by atoms with Crippen LogP contribution in [0.5, 0.6) is 0 Å². The van der Waals surface area contributed by atoms with Gasteiger partial charge in [-0.05, 0) is 202 Å². The van der Waals surface area contributed by atoms with Crippen molar-refractivity contribution in [1.29, 1.82) is 0 Å². The van der Waals surface area contributed by atoms with Gasteiger partial charge in [0.1, 0.15) is 33.5 Å². The lowest BCUT2D eigenvalue weighted by Crippen LogP contribution is -2.06. The zero-order valence-electron chi connectivity index (χ0n) is 70.3. The molecule has 0 atom stereocenters. The second-order valence-electron chi connectivity index (χ2n) is 34.4. The summed E-state index contributed by atoms with van der Waals surface area (Å²) in [4.78, 5) is 35.1. The maximum absolute atomic E-state index is 6.44. The average Bonchev–Trinajstić information content (AvgIpc) is 1.54. The van der Waals surface area contributed by atoms with Gasteiger partial charge in [-0.25, -0.2) is 24.9 Å². The fourth-order valence-corrected chi connectivity index (χ4v) is 21.8. The van der Waals surface area contributed by atoms with Gasteiger partial charge in [-0.15, -0.1) is 0 Å². The Morgan fingerprint density at radius 1 is 0.174 bits per heavy atom. The van der Waals surface area contributed by atoms with Crippen LogP contribution >= 0.6 is 0 Å². The highest BCUT2D eigenvalue weighted by Gasteiger charge is 2.33. The molecule has 3 aliphatic carbocycles. The highest BCUT2D eigenvalue weighted by molar-refractivity contribution is 6.35. The Kier molecular flexibility index (Phi) is 15.1. The molecule has 31 rings (SSSR count). The molecule has 9 heterocycles. The summed E-state index contributed by atoms with van der Waals surface area (Å²) in [5.74, 6) is 3.19. The van der Waals surface area contributed by atoms with Gasteiger partial charge in [-0.2, -0.15) is 9.97 Å². The van der Waals surface area contributed by atoms with Gasteiger partial charge < -0.3 is 13.3 Å².